The third-order valence-electron chi connectivity index (χ3n) is 4.33. The highest BCUT2D eigenvalue weighted by Crippen LogP contribution is 2.23. The molecule has 0 aliphatic heterocycles. The first-order chi connectivity index (χ1) is 12.8. The van der Waals surface area contributed by atoms with Crippen molar-refractivity contribution in [3.63, 3.8) is 0 Å². The largest absolute Gasteiger partial charge is 0.335 e. The Morgan fingerprint density at radius 1 is 1.07 bits per heavy atom. The van der Waals surface area contributed by atoms with E-state index in [0.29, 0.717) is 0 Å². The predicted octanol–water partition coefficient (Wildman–Crippen LogP) is 3.89. The van der Waals surface area contributed by atoms with Crippen molar-refractivity contribution in [1.29, 1.82) is 0 Å². The van der Waals surface area contributed by atoms with E-state index >= 15 is 0 Å². The van der Waals surface area contributed by atoms with E-state index in [2.05, 4.69) is 26.6 Å². The van der Waals surface area contributed by atoms with Crippen LogP contribution < -0.4 is 10.6 Å². The van der Waals surface area contributed by atoms with Crippen LogP contribution in [0.3, 0.4) is 0 Å². The molecule has 0 bridgehead atoms. The van der Waals surface area contributed by atoms with E-state index in [4.69, 9.17) is 0 Å². The fourth-order valence-corrected chi connectivity index (χ4v) is 3.45. The first-order valence-corrected chi connectivity index (χ1v) is 9.69. The number of carbonyl (C=O) groups is 2. The fourth-order valence-electron chi connectivity index (χ4n) is 2.82. The molecule has 0 heterocycles. The molecule has 0 saturated heterocycles. The monoisotopic (exact) mass is 431 g/mol. The summed E-state index contributed by atoms with van der Waals surface area (Å²) in [5.41, 5.74) is 2.93. The number of likely N-dealkylation sites (N-methyl/N-ethyl adjacent to an activating group) is 1. The molecule has 0 unspecified atom stereocenters. The molecule has 0 spiro atoms. The average Bonchev–Trinajstić information content (AvgIpc) is 2.63. The van der Waals surface area contributed by atoms with E-state index in [1.807, 2.05) is 69.3 Å². The summed E-state index contributed by atoms with van der Waals surface area (Å²) in [6.45, 7) is 5.81. The quantitative estimate of drug-likeness (QED) is 0.698. The molecule has 0 aliphatic carbocycles. The molecule has 27 heavy (non-hydrogen) atoms. The fraction of sp³-hybridized carbons (Fsp3) is 0.333. The van der Waals surface area contributed by atoms with E-state index in [1.54, 1.807) is 7.05 Å². The first-order valence-electron chi connectivity index (χ1n) is 8.90. The van der Waals surface area contributed by atoms with Crippen LogP contribution in [-0.4, -0.2) is 36.3 Å². The number of aryl methyl sites for hydroxylation is 1. The number of hydrogen-bond acceptors (Lipinski definition) is 3. The molecular weight excluding hydrogens is 406 g/mol. The van der Waals surface area contributed by atoms with Gasteiger partial charge in [-0.25, -0.2) is 0 Å². The van der Waals surface area contributed by atoms with Crippen molar-refractivity contribution in [2.24, 2.45) is 0 Å². The molecule has 0 aliphatic rings. The molecule has 144 valence electrons. The number of nitrogens with zero attached hydrogens (tertiary/aromatic N) is 1. The molecule has 5 nitrogen and oxygen atoms in total. The smallest absolute Gasteiger partial charge is 0.243 e. The van der Waals surface area contributed by atoms with Crippen molar-refractivity contribution in [3.05, 3.63) is 64.1 Å². The maximum absolute atomic E-state index is 12.6. The summed E-state index contributed by atoms with van der Waals surface area (Å²) in [5, 5.41) is 6.10. The lowest BCUT2D eigenvalue weighted by Crippen LogP contribution is -2.46. The third kappa shape index (κ3) is 6.19. The van der Waals surface area contributed by atoms with Gasteiger partial charge in [0.1, 0.15) is 0 Å². The number of anilines is 1. The number of amides is 2. The molecular formula is C21H26BrN3O2. The zero-order chi connectivity index (χ0) is 20.0. The van der Waals surface area contributed by atoms with Gasteiger partial charge in [-0.1, -0.05) is 51.8 Å². The predicted molar refractivity (Wildman–Crippen MR) is 113 cm³/mol. The Hall–Kier alpha value is -2.18. The zero-order valence-electron chi connectivity index (χ0n) is 16.1. The van der Waals surface area contributed by atoms with Gasteiger partial charge in [0.05, 0.1) is 12.6 Å². The Labute approximate surface area is 169 Å². The maximum atomic E-state index is 12.6. The Bertz CT molecular complexity index is 792. The van der Waals surface area contributed by atoms with Crippen LogP contribution in [0.5, 0.6) is 0 Å². The maximum Gasteiger partial charge on any atom is 0.243 e. The Morgan fingerprint density at radius 3 is 2.33 bits per heavy atom. The van der Waals surface area contributed by atoms with E-state index in [0.717, 1.165) is 21.3 Å². The van der Waals surface area contributed by atoms with Crippen LogP contribution in [0.4, 0.5) is 5.69 Å². The molecule has 0 aromatic heterocycles. The minimum absolute atomic E-state index is 0.00213. The van der Waals surface area contributed by atoms with E-state index < -0.39 is 6.04 Å². The lowest BCUT2D eigenvalue weighted by molar-refractivity contribution is -0.135. The van der Waals surface area contributed by atoms with Gasteiger partial charge in [0.15, 0.2) is 0 Å². The summed E-state index contributed by atoms with van der Waals surface area (Å²) >= 11 is 3.53. The van der Waals surface area contributed by atoms with Gasteiger partial charge in [-0.2, -0.15) is 0 Å². The van der Waals surface area contributed by atoms with Gasteiger partial charge in [0, 0.05) is 23.2 Å². The highest BCUT2D eigenvalue weighted by Gasteiger charge is 2.22. The molecule has 0 fully saturated rings. The molecule has 6 heteroatoms. The standard InChI is InChI=1S/C21H26BrN3O2/c1-14-9-11-17(12-10-14)24-20(26)13-25(4)21(27)16(3)23-15(2)18-7-5-6-8-19(18)22/h5-12,15-16,23H,13H2,1-4H3,(H,24,26)/t15-,16-/m0/s1. The van der Waals surface area contributed by atoms with E-state index in [-0.39, 0.29) is 24.4 Å². The SMILES string of the molecule is Cc1ccc(NC(=O)CN(C)C(=O)[C@H](C)N[C@@H](C)c2ccccc2Br)cc1. The number of benzene rings is 2. The topological polar surface area (TPSA) is 61.4 Å². The Balaban J connectivity index is 1.88. The van der Waals surface area contributed by atoms with Crippen LogP contribution in [0.25, 0.3) is 0 Å². The highest BCUT2D eigenvalue weighted by molar-refractivity contribution is 9.10. The number of hydrogen-bond donors (Lipinski definition) is 2. The summed E-state index contributed by atoms with van der Waals surface area (Å²) in [5.74, 6) is -0.353. The molecule has 2 rings (SSSR count). The average molecular weight is 432 g/mol. The number of rotatable bonds is 7. The summed E-state index contributed by atoms with van der Waals surface area (Å²) in [7, 11) is 1.64. The number of nitrogens with one attached hydrogen (secondary N) is 2. The van der Waals surface area contributed by atoms with Crippen LogP contribution >= 0.6 is 15.9 Å². The van der Waals surface area contributed by atoms with Crippen molar-refractivity contribution in [2.45, 2.75) is 32.9 Å². The molecule has 0 saturated carbocycles. The van der Waals surface area contributed by atoms with Crippen molar-refractivity contribution < 1.29 is 9.59 Å². The molecule has 0 radical (unpaired) electrons. The summed E-state index contributed by atoms with van der Waals surface area (Å²) in [4.78, 5) is 26.2. The van der Waals surface area contributed by atoms with Gasteiger partial charge >= 0.3 is 0 Å². The van der Waals surface area contributed by atoms with Gasteiger partial charge in [0.2, 0.25) is 11.8 Å². The van der Waals surface area contributed by atoms with Crippen molar-refractivity contribution in [2.75, 3.05) is 18.9 Å². The van der Waals surface area contributed by atoms with Crippen LogP contribution in [-0.2, 0) is 9.59 Å². The van der Waals surface area contributed by atoms with Gasteiger partial charge in [-0.15, -0.1) is 0 Å². The van der Waals surface area contributed by atoms with Crippen LogP contribution in [0.1, 0.15) is 31.0 Å². The minimum atomic E-state index is -0.413. The molecule has 2 N–H and O–H groups in total. The normalized spacial score (nSPS) is 12.9. The number of carbonyl (C=O) groups excluding carboxylic acids is 2. The Kier molecular flexibility index (Phi) is 7.56. The van der Waals surface area contributed by atoms with Gasteiger partial charge in [0.25, 0.3) is 0 Å². The molecule has 2 amide bonds. The lowest BCUT2D eigenvalue weighted by atomic mass is 10.1. The number of halogens is 1. The second-order valence-electron chi connectivity index (χ2n) is 6.74. The van der Waals surface area contributed by atoms with Gasteiger partial charge in [-0.3, -0.25) is 14.9 Å². The van der Waals surface area contributed by atoms with Gasteiger partial charge in [-0.05, 0) is 44.5 Å². The minimum Gasteiger partial charge on any atom is -0.335 e. The molecule has 2 atom stereocenters. The lowest BCUT2D eigenvalue weighted by Gasteiger charge is -2.25. The van der Waals surface area contributed by atoms with E-state index in [1.165, 1.54) is 4.90 Å². The van der Waals surface area contributed by atoms with Crippen LogP contribution in [0, 0.1) is 6.92 Å². The molecule has 2 aromatic rings. The zero-order valence-corrected chi connectivity index (χ0v) is 17.7. The highest BCUT2D eigenvalue weighted by atomic mass is 79.9. The van der Waals surface area contributed by atoms with Crippen molar-refractivity contribution in [1.82, 2.24) is 10.2 Å². The van der Waals surface area contributed by atoms with Crippen LogP contribution in [0.15, 0.2) is 53.0 Å². The third-order valence-corrected chi connectivity index (χ3v) is 5.06. The summed E-state index contributed by atoms with van der Waals surface area (Å²) in [6.07, 6.45) is 0. The summed E-state index contributed by atoms with van der Waals surface area (Å²) in [6, 6.07) is 15.0. The van der Waals surface area contributed by atoms with E-state index in [9.17, 15) is 9.59 Å². The summed E-state index contributed by atoms with van der Waals surface area (Å²) < 4.78 is 0.996. The van der Waals surface area contributed by atoms with Crippen molar-refractivity contribution in [3.8, 4) is 0 Å². The van der Waals surface area contributed by atoms with Crippen molar-refractivity contribution >= 4 is 33.4 Å². The second kappa shape index (κ2) is 9.67. The van der Waals surface area contributed by atoms with Crippen LogP contribution in [0.2, 0.25) is 0 Å². The first kappa shape index (κ1) is 21.1. The van der Waals surface area contributed by atoms with Gasteiger partial charge < -0.3 is 10.2 Å². The second-order valence-corrected chi connectivity index (χ2v) is 7.59. The Morgan fingerprint density at radius 2 is 1.70 bits per heavy atom. The molecule has 2 aromatic carbocycles.